The summed E-state index contributed by atoms with van der Waals surface area (Å²) in [4.78, 5) is 45.8. The van der Waals surface area contributed by atoms with Gasteiger partial charge in [-0.1, -0.05) is 40.6 Å². The van der Waals surface area contributed by atoms with Gasteiger partial charge in [-0.25, -0.2) is 9.78 Å². The summed E-state index contributed by atoms with van der Waals surface area (Å²) in [6, 6.07) is 7.53. The molecule has 0 saturated heterocycles. The van der Waals surface area contributed by atoms with Crippen molar-refractivity contribution in [2.45, 2.75) is 26.8 Å². The van der Waals surface area contributed by atoms with Gasteiger partial charge < -0.3 is 9.15 Å². The molecule has 2 aromatic carbocycles. The Balaban J connectivity index is 1.81. The number of thiazole rings is 1. The van der Waals surface area contributed by atoms with Gasteiger partial charge in [-0.05, 0) is 61.7 Å². The number of halogens is 2. The van der Waals surface area contributed by atoms with Crippen molar-refractivity contribution < 1.29 is 18.7 Å². The minimum atomic E-state index is -0.884. The molecule has 35 heavy (non-hydrogen) atoms. The number of nitrogens with zero attached hydrogens (tertiary/aromatic N) is 2. The maximum absolute atomic E-state index is 13.8. The second-order valence-corrected chi connectivity index (χ2v) is 10.1. The van der Waals surface area contributed by atoms with Crippen molar-refractivity contribution in [2.75, 3.05) is 12.0 Å². The number of hydrogen-bond acceptors (Lipinski definition) is 7. The van der Waals surface area contributed by atoms with Gasteiger partial charge in [0, 0.05) is 0 Å². The van der Waals surface area contributed by atoms with Crippen LogP contribution >= 0.6 is 34.5 Å². The maximum Gasteiger partial charge on any atom is 0.350 e. The lowest BCUT2D eigenvalue weighted by Gasteiger charge is -2.22. The lowest BCUT2D eigenvalue weighted by molar-refractivity contribution is 0.0605. The molecule has 1 aliphatic heterocycles. The van der Waals surface area contributed by atoms with Crippen LogP contribution in [0.4, 0.5) is 5.13 Å². The summed E-state index contributed by atoms with van der Waals surface area (Å²) in [6.07, 6.45) is 0. The first kappa shape index (κ1) is 23.5. The molecule has 1 unspecified atom stereocenters. The minimum absolute atomic E-state index is 0.0747. The summed E-state index contributed by atoms with van der Waals surface area (Å²) in [5, 5.41) is 1.21. The summed E-state index contributed by atoms with van der Waals surface area (Å²) >= 11 is 13.4. The number of aryl methyl sites for hydroxylation is 3. The highest BCUT2D eigenvalue weighted by Crippen LogP contribution is 2.44. The molecule has 0 fully saturated rings. The molecule has 1 aliphatic rings. The molecule has 1 atom stereocenters. The zero-order valence-electron chi connectivity index (χ0n) is 19.1. The Morgan fingerprint density at radius 1 is 1.09 bits per heavy atom. The van der Waals surface area contributed by atoms with E-state index < -0.39 is 17.9 Å². The number of fused-ring (bicyclic) bond motifs is 2. The fourth-order valence-corrected chi connectivity index (χ4v) is 5.51. The molecule has 178 valence electrons. The average molecular weight is 529 g/mol. The molecule has 7 nitrogen and oxygen atoms in total. The Morgan fingerprint density at radius 3 is 2.49 bits per heavy atom. The van der Waals surface area contributed by atoms with Gasteiger partial charge in [-0.15, -0.1) is 0 Å². The number of esters is 1. The predicted octanol–water partition coefficient (Wildman–Crippen LogP) is 6.02. The Bertz CT molecular complexity index is 1620. The number of carbonyl (C=O) groups excluding carboxylic acids is 2. The van der Waals surface area contributed by atoms with Gasteiger partial charge >= 0.3 is 5.97 Å². The number of aromatic nitrogens is 1. The molecular formula is C25H18Cl2N2O5S. The van der Waals surface area contributed by atoms with E-state index in [-0.39, 0.29) is 31.8 Å². The van der Waals surface area contributed by atoms with Gasteiger partial charge in [0.2, 0.25) is 5.76 Å². The number of anilines is 1. The van der Waals surface area contributed by atoms with E-state index >= 15 is 0 Å². The monoisotopic (exact) mass is 528 g/mol. The molecule has 0 spiro atoms. The quantitative estimate of drug-likeness (QED) is 0.302. The van der Waals surface area contributed by atoms with Gasteiger partial charge in [0.25, 0.3) is 5.91 Å². The number of rotatable bonds is 3. The van der Waals surface area contributed by atoms with Crippen LogP contribution in [0.5, 0.6) is 0 Å². The van der Waals surface area contributed by atoms with Crippen molar-refractivity contribution in [3.63, 3.8) is 0 Å². The van der Waals surface area contributed by atoms with Gasteiger partial charge in [0.1, 0.15) is 10.5 Å². The van der Waals surface area contributed by atoms with E-state index in [1.165, 1.54) is 12.0 Å². The first-order valence-corrected chi connectivity index (χ1v) is 12.1. The molecule has 0 radical (unpaired) electrons. The Kier molecular flexibility index (Phi) is 5.70. The van der Waals surface area contributed by atoms with Crippen LogP contribution in [0.1, 0.15) is 54.2 Å². The third kappa shape index (κ3) is 3.64. The predicted molar refractivity (Wildman–Crippen MR) is 135 cm³/mol. The van der Waals surface area contributed by atoms with E-state index in [1.807, 2.05) is 13.8 Å². The number of methoxy groups -OCH3 is 1. The SMILES string of the molecule is COC(=O)c1sc(N2C(=O)c3oc4cc(C)c(C)cc4c(=O)c3C2c2ccc(Cl)c(Cl)c2)nc1C. The molecular weight excluding hydrogens is 511 g/mol. The third-order valence-corrected chi connectivity index (χ3v) is 7.98. The van der Waals surface area contributed by atoms with E-state index in [9.17, 15) is 14.4 Å². The van der Waals surface area contributed by atoms with Crippen molar-refractivity contribution in [3.05, 3.63) is 89.2 Å². The van der Waals surface area contributed by atoms with Gasteiger partial charge in [0.15, 0.2) is 10.6 Å². The van der Waals surface area contributed by atoms with Gasteiger partial charge in [-0.2, -0.15) is 0 Å². The van der Waals surface area contributed by atoms with E-state index in [2.05, 4.69) is 4.98 Å². The molecule has 4 aromatic rings. The number of ether oxygens (including phenoxy) is 1. The minimum Gasteiger partial charge on any atom is -0.465 e. The fourth-order valence-electron chi connectivity index (χ4n) is 4.19. The van der Waals surface area contributed by atoms with Crippen LogP contribution in [-0.4, -0.2) is 24.0 Å². The first-order chi connectivity index (χ1) is 16.6. The second-order valence-electron chi connectivity index (χ2n) is 8.26. The van der Waals surface area contributed by atoms with Crippen molar-refractivity contribution in [2.24, 2.45) is 0 Å². The van der Waals surface area contributed by atoms with Crippen molar-refractivity contribution >= 4 is 62.5 Å². The highest BCUT2D eigenvalue weighted by molar-refractivity contribution is 7.17. The van der Waals surface area contributed by atoms with Gasteiger partial charge in [0.05, 0.1) is 39.8 Å². The van der Waals surface area contributed by atoms with Crippen LogP contribution in [0.25, 0.3) is 11.0 Å². The third-order valence-electron chi connectivity index (χ3n) is 6.11. The molecule has 0 aliphatic carbocycles. The maximum atomic E-state index is 13.8. The Morgan fingerprint density at radius 2 is 1.80 bits per heavy atom. The molecule has 1 amide bonds. The second kappa shape index (κ2) is 8.48. The van der Waals surface area contributed by atoms with E-state index in [1.54, 1.807) is 37.3 Å². The van der Waals surface area contributed by atoms with Crippen molar-refractivity contribution in [3.8, 4) is 0 Å². The van der Waals surface area contributed by atoms with Crippen LogP contribution < -0.4 is 10.3 Å². The lowest BCUT2D eigenvalue weighted by Crippen LogP contribution is -2.29. The van der Waals surface area contributed by atoms with E-state index in [4.69, 9.17) is 32.4 Å². The molecule has 0 bridgehead atoms. The topological polar surface area (TPSA) is 89.7 Å². The van der Waals surface area contributed by atoms with E-state index in [0.717, 1.165) is 22.5 Å². The molecule has 2 aromatic heterocycles. The lowest BCUT2D eigenvalue weighted by atomic mass is 9.97. The van der Waals surface area contributed by atoms with E-state index in [0.29, 0.717) is 27.2 Å². The van der Waals surface area contributed by atoms with Crippen LogP contribution in [-0.2, 0) is 4.74 Å². The number of benzene rings is 2. The zero-order valence-corrected chi connectivity index (χ0v) is 21.4. The smallest absolute Gasteiger partial charge is 0.350 e. The number of amides is 1. The highest BCUT2D eigenvalue weighted by atomic mass is 35.5. The van der Waals surface area contributed by atoms with Crippen molar-refractivity contribution in [1.29, 1.82) is 0 Å². The Hall–Kier alpha value is -3.20. The molecule has 5 rings (SSSR count). The number of hydrogen-bond donors (Lipinski definition) is 0. The van der Waals surface area contributed by atoms with Crippen molar-refractivity contribution in [1.82, 2.24) is 4.98 Å². The van der Waals surface area contributed by atoms with Crippen LogP contribution in [0, 0.1) is 20.8 Å². The first-order valence-electron chi connectivity index (χ1n) is 10.5. The Labute approximate surface area is 213 Å². The number of carbonyl (C=O) groups is 2. The van der Waals surface area contributed by atoms with Crippen LogP contribution in [0.2, 0.25) is 10.0 Å². The fraction of sp³-hybridized carbons (Fsp3) is 0.200. The molecule has 0 N–H and O–H groups in total. The average Bonchev–Trinajstić information content (AvgIpc) is 3.34. The summed E-state index contributed by atoms with van der Waals surface area (Å²) in [7, 11) is 1.27. The molecule has 0 saturated carbocycles. The van der Waals surface area contributed by atoms with Crippen LogP contribution in [0.15, 0.2) is 39.5 Å². The van der Waals surface area contributed by atoms with Crippen LogP contribution in [0.3, 0.4) is 0 Å². The zero-order chi connectivity index (χ0) is 25.2. The standard InChI is InChI=1S/C25H18Cl2N2O5S/c1-10-7-14-17(8-11(10)2)34-21-18(20(14)30)19(13-5-6-15(26)16(27)9-13)29(23(21)31)25-28-12(3)22(35-25)24(32)33-4/h5-9,19H,1-4H3. The largest absolute Gasteiger partial charge is 0.465 e. The summed E-state index contributed by atoms with van der Waals surface area (Å²) < 4.78 is 10.9. The van der Waals surface area contributed by atoms with Gasteiger partial charge in [-0.3, -0.25) is 14.5 Å². The highest BCUT2D eigenvalue weighted by Gasteiger charge is 2.45. The molecule has 3 heterocycles. The summed E-state index contributed by atoms with van der Waals surface area (Å²) in [5.74, 6) is -1.18. The summed E-state index contributed by atoms with van der Waals surface area (Å²) in [6.45, 7) is 5.46. The summed E-state index contributed by atoms with van der Waals surface area (Å²) in [5.41, 5.74) is 3.00. The normalized spacial score (nSPS) is 15.1. The molecule has 10 heteroatoms.